The number of nitro groups is 1. The summed E-state index contributed by atoms with van der Waals surface area (Å²) in [5.41, 5.74) is 3.51. The summed E-state index contributed by atoms with van der Waals surface area (Å²) in [6.07, 6.45) is 0. The summed E-state index contributed by atoms with van der Waals surface area (Å²) in [5, 5.41) is 17.1. The molecule has 0 spiro atoms. The van der Waals surface area contributed by atoms with Crippen molar-refractivity contribution in [2.24, 2.45) is 0 Å². The topological polar surface area (TPSA) is 84.3 Å². The van der Waals surface area contributed by atoms with E-state index in [2.05, 4.69) is 10.6 Å². The molecule has 2 aromatic rings. The fraction of sp³-hybridized carbons (Fsp3) is 0.235. The lowest BCUT2D eigenvalue weighted by Crippen LogP contribution is -2.22. The number of nitrogens with one attached hydrogen (secondary N) is 2. The minimum absolute atomic E-state index is 0.0186. The SMILES string of the molecule is Cc1ccc(NC(=O)CNc2cc([N+](=O)[O-])c(C)cc2C)c(Cl)c1. The van der Waals surface area contributed by atoms with Crippen LogP contribution in [0.25, 0.3) is 0 Å². The predicted molar refractivity (Wildman–Crippen MR) is 95.9 cm³/mol. The quantitative estimate of drug-likeness (QED) is 0.626. The molecular formula is C17H18ClN3O3. The van der Waals surface area contributed by atoms with Gasteiger partial charge in [0.25, 0.3) is 5.69 Å². The first kappa shape index (κ1) is 17.7. The fourth-order valence-electron chi connectivity index (χ4n) is 2.32. The van der Waals surface area contributed by atoms with Gasteiger partial charge in [-0.2, -0.15) is 0 Å². The Morgan fingerprint density at radius 1 is 1.12 bits per heavy atom. The Balaban J connectivity index is 2.06. The van der Waals surface area contributed by atoms with Crippen molar-refractivity contribution in [1.82, 2.24) is 0 Å². The molecule has 126 valence electrons. The van der Waals surface area contributed by atoms with Gasteiger partial charge in [-0.1, -0.05) is 17.7 Å². The zero-order valence-electron chi connectivity index (χ0n) is 13.6. The van der Waals surface area contributed by atoms with E-state index in [0.717, 1.165) is 11.1 Å². The van der Waals surface area contributed by atoms with Crippen LogP contribution in [-0.2, 0) is 4.79 Å². The predicted octanol–water partition coefficient (Wildman–Crippen LogP) is 4.22. The molecule has 24 heavy (non-hydrogen) atoms. The standard InChI is InChI=1S/C17H18ClN3O3/c1-10-4-5-14(13(18)6-10)20-17(22)9-19-15-8-16(21(23)24)12(3)7-11(15)2/h4-8,19H,9H2,1-3H3,(H,20,22). The Bertz CT molecular complexity index is 806. The number of nitro benzene ring substituents is 1. The molecule has 0 atom stereocenters. The van der Waals surface area contributed by atoms with Gasteiger partial charge in [-0.3, -0.25) is 14.9 Å². The zero-order chi connectivity index (χ0) is 17.9. The molecule has 2 N–H and O–H groups in total. The number of anilines is 2. The average Bonchev–Trinajstić information content (AvgIpc) is 2.49. The zero-order valence-corrected chi connectivity index (χ0v) is 14.4. The highest BCUT2D eigenvalue weighted by Gasteiger charge is 2.14. The molecule has 0 aliphatic rings. The highest BCUT2D eigenvalue weighted by Crippen LogP contribution is 2.26. The number of halogens is 1. The number of carbonyl (C=O) groups is 1. The molecule has 0 heterocycles. The van der Waals surface area contributed by atoms with Gasteiger partial charge in [0, 0.05) is 17.3 Å². The van der Waals surface area contributed by atoms with Crippen LogP contribution >= 0.6 is 11.6 Å². The van der Waals surface area contributed by atoms with Crippen LogP contribution in [0.15, 0.2) is 30.3 Å². The van der Waals surface area contributed by atoms with E-state index in [-0.39, 0.29) is 18.1 Å². The van der Waals surface area contributed by atoms with Crippen molar-refractivity contribution >= 4 is 34.6 Å². The summed E-state index contributed by atoms with van der Waals surface area (Å²) in [4.78, 5) is 22.6. The minimum atomic E-state index is -0.438. The lowest BCUT2D eigenvalue weighted by atomic mass is 10.1. The summed E-state index contributed by atoms with van der Waals surface area (Å²) >= 11 is 6.08. The van der Waals surface area contributed by atoms with Gasteiger partial charge in [0.2, 0.25) is 5.91 Å². The Hall–Kier alpha value is -2.60. The van der Waals surface area contributed by atoms with Crippen molar-refractivity contribution in [3.05, 3.63) is 62.2 Å². The van der Waals surface area contributed by atoms with E-state index in [1.54, 1.807) is 25.1 Å². The number of hydrogen-bond acceptors (Lipinski definition) is 4. The molecule has 7 heteroatoms. The molecule has 0 radical (unpaired) electrons. The maximum atomic E-state index is 12.1. The third-order valence-corrected chi connectivity index (χ3v) is 3.89. The van der Waals surface area contributed by atoms with Crippen LogP contribution in [0, 0.1) is 30.9 Å². The molecule has 0 unspecified atom stereocenters. The van der Waals surface area contributed by atoms with Crippen LogP contribution in [0.4, 0.5) is 17.1 Å². The molecule has 6 nitrogen and oxygen atoms in total. The summed E-state index contributed by atoms with van der Waals surface area (Å²) in [6, 6.07) is 8.50. The maximum Gasteiger partial charge on any atom is 0.274 e. The molecule has 0 fully saturated rings. The van der Waals surface area contributed by atoms with Gasteiger partial charge in [0.1, 0.15) is 0 Å². The Morgan fingerprint density at radius 2 is 1.83 bits per heavy atom. The molecule has 0 aromatic heterocycles. The minimum Gasteiger partial charge on any atom is -0.376 e. The Labute approximate surface area is 145 Å². The van der Waals surface area contributed by atoms with Crippen molar-refractivity contribution in [3.8, 4) is 0 Å². The lowest BCUT2D eigenvalue weighted by molar-refractivity contribution is -0.385. The first-order valence-corrected chi connectivity index (χ1v) is 7.71. The number of rotatable bonds is 5. The molecule has 0 aliphatic heterocycles. The monoisotopic (exact) mass is 347 g/mol. The Morgan fingerprint density at radius 3 is 2.46 bits per heavy atom. The second kappa shape index (κ2) is 7.31. The van der Waals surface area contributed by atoms with Gasteiger partial charge in [-0.25, -0.2) is 0 Å². The van der Waals surface area contributed by atoms with Crippen molar-refractivity contribution < 1.29 is 9.72 Å². The number of amides is 1. The van der Waals surface area contributed by atoms with Crippen LogP contribution in [-0.4, -0.2) is 17.4 Å². The summed E-state index contributed by atoms with van der Waals surface area (Å²) in [7, 11) is 0. The number of nitrogens with zero attached hydrogens (tertiary/aromatic N) is 1. The third kappa shape index (κ3) is 4.23. The van der Waals surface area contributed by atoms with Crippen molar-refractivity contribution in [2.45, 2.75) is 20.8 Å². The molecule has 2 rings (SSSR count). The van der Waals surface area contributed by atoms with E-state index in [1.165, 1.54) is 6.07 Å². The molecule has 0 aliphatic carbocycles. The lowest BCUT2D eigenvalue weighted by Gasteiger charge is -2.12. The second-order valence-corrected chi connectivity index (χ2v) is 6.00. The first-order valence-electron chi connectivity index (χ1n) is 7.33. The molecule has 1 amide bonds. The average molecular weight is 348 g/mol. The van der Waals surface area contributed by atoms with E-state index < -0.39 is 4.92 Å². The second-order valence-electron chi connectivity index (χ2n) is 5.60. The normalized spacial score (nSPS) is 10.3. The van der Waals surface area contributed by atoms with Gasteiger partial charge in [0.15, 0.2) is 0 Å². The van der Waals surface area contributed by atoms with Crippen LogP contribution in [0.1, 0.15) is 16.7 Å². The number of benzene rings is 2. The van der Waals surface area contributed by atoms with Crippen molar-refractivity contribution in [2.75, 3.05) is 17.2 Å². The summed E-state index contributed by atoms with van der Waals surface area (Å²) in [5.74, 6) is -0.289. The van der Waals surface area contributed by atoms with E-state index in [0.29, 0.717) is 22.0 Å². The van der Waals surface area contributed by atoms with Crippen LogP contribution < -0.4 is 10.6 Å². The smallest absolute Gasteiger partial charge is 0.274 e. The molecule has 0 saturated carbocycles. The van der Waals surface area contributed by atoms with Crippen LogP contribution in [0.3, 0.4) is 0 Å². The molecular weight excluding hydrogens is 330 g/mol. The van der Waals surface area contributed by atoms with E-state index >= 15 is 0 Å². The molecule has 2 aromatic carbocycles. The molecule has 0 saturated heterocycles. The van der Waals surface area contributed by atoms with Gasteiger partial charge in [-0.05, 0) is 50.1 Å². The van der Waals surface area contributed by atoms with Crippen LogP contribution in [0.5, 0.6) is 0 Å². The van der Waals surface area contributed by atoms with Gasteiger partial charge in [0.05, 0.1) is 22.2 Å². The van der Waals surface area contributed by atoms with Crippen LogP contribution in [0.2, 0.25) is 5.02 Å². The number of aryl methyl sites for hydroxylation is 3. The summed E-state index contributed by atoms with van der Waals surface area (Å²) < 4.78 is 0. The van der Waals surface area contributed by atoms with E-state index in [9.17, 15) is 14.9 Å². The highest BCUT2D eigenvalue weighted by atomic mass is 35.5. The number of hydrogen-bond donors (Lipinski definition) is 2. The van der Waals surface area contributed by atoms with E-state index in [4.69, 9.17) is 11.6 Å². The largest absolute Gasteiger partial charge is 0.376 e. The number of carbonyl (C=O) groups excluding carboxylic acids is 1. The van der Waals surface area contributed by atoms with Gasteiger partial charge >= 0.3 is 0 Å². The fourth-order valence-corrected chi connectivity index (χ4v) is 2.60. The highest BCUT2D eigenvalue weighted by molar-refractivity contribution is 6.33. The van der Waals surface area contributed by atoms with Crippen molar-refractivity contribution in [1.29, 1.82) is 0 Å². The third-order valence-electron chi connectivity index (χ3n) is 3.58. The van der Waals surface area contributed by atoms with E-state index in [1.807, 2.05) is 19.9 Å². The van der Waals surface area contributed by atoms with Gasteiger partial charge in [-0.15, -0.1) is 0 Å². The first-order chi connectivity index (χ1) is 11.3. The maximum absolute atomic E-state index is 12.1. The molecule has 0 bridgehead atoms. The van der Waals surface area contributed by atoms with Crippen molar-refractivity contribution in [3.63, 3.8) is 0 Å². The summed E-state index contributed by atoms with van der Waals surface area (Å²) in [6.45, 7) is 5.40. The van der Waals surface area contributed by atoms with Gasteiger partial charge < -0.3 is 10.6 Å². The Kier molecular flexibility index (Phi) is 5.41.